The van der Waals surface area contributed by atoms with Gasteiger partial charge in [0.25, 0.3) is 5.91 Å². The lowest BCUT2D eigenvalue weighted by atomic mass is 9.89. The highest BCUT2D eigenvalue weighted by molar-refractivity contribution is 5.95. The number of rotatable bonds is 6. The second kappa shape index (κ2) is 9.15. The molecule has 0 atom stereocenters. The average molecular weight is 360 g/mol. The molecule has 26 heavy (non-hydrogen) atoms. The average Bonchev–Trinajstić information content (AvgIpc) is 2.60. The van der Waals surface area contributed by atoms with Gasteiger partial charge in [0.05, 0.1) is 11.3 Å². The van der Waals surface area contributed by atoms with Crippen molar-refractivity contribution in [2.45, 2.75) is 59.8 Å². The Morgan fingerprint density at radius 1 is 1.19 bits per heavy atom. The fourth-order valence-corrected chi connectivity index (χ4v) is 3.39. The molecule has 5 nitrogen and oxygen atoms in total. The van der Waals surface area contributed by atoms with Crippen LogP contribution in [0.25, 0.3) is 0 Å². The predicted molar refractivity (Wildman–Crippen MR) is 104 cm³/mol. The monoisotopic (exact) mass is 359 g/mol. The number of pyridine rings is 1. The smallest absolute Gasteiger partial charge is 0.253 e. The molecule has 144 valence electrons. The molecule has 1 aromatic rings. The summed E-state index contributed by atoms with van der Waals surface area (Å²) in [6, 6.07) is 3.80. The summed E-state index contributed by atoms with van der Waals surface area (Å²) in [5.74, 6) is 1.01. The molecule has 0 bridgehead atoms. The van der Waals surface area contributed by atoms with Crippen LogP contribution in [0.1, 0.15) is 74.6 Å². The van der Waals surface area contributed by atoms with E-state index in [-0.39, 0.29) is 23.7 Å². The molecule has 1 aliphatic heterocycles. The maximum absolute atomic E-state index is 12.6. The van der Waals surface area contributed by atoms with Crippen LogP contribution in [0.5, 0.6) is 0 Å². The minimum absolute atomic E-state index is 0.0333. The fraction of sp³-hybridized carbons (Fsp3) is 0.667. The Morgan fingerprint density at radius 3 is 2.42 bits per heavy atom. The normalized spacial score (nSPS) is 15.6. The minimum Gasteiger partial charge on any atom is -0.352 e. The van der Waals surface area contributed by atoms with E-state index in [1.54, 1.807) is 0 Å². The van der Waals surface area contributed by atoms with Gasteiger partial charge >= 0.3 is 0 Å². The molecular formula is C21H33N3O2. The predicted octanol–water partition coefficient (Wildman–Crippen LogP) is 3.53. The van der Waals surface area contributed by atoms with Gasteiger partial charge in [-0.05, 0) is 44.2 Å². The van der Waals surface area contributed by atoms with Crippen LogP contribution < -0.4 is 5.32 Å². The zero-order valence-corrected chi connectivity index (χ0v) is 16.8. The first-order valence-corrected chi connectivity index (χ1v) is 9.84. The maximum atomic E-state index is 12.6. The highest BCUT2D eigenvalue weighted by atomic mass is 16.2. The van der Waals surface area contributed by atoms with Crippen molar-refractivity contribution < 1.29 is 9.59 Å². The van der Waals surface area contributed by atoms with E-state index in [1.807, 2.05) is 37.8 Å². The molecule has 1 saturated heterocycles. The van der Waals surface area contributed by atoms with Crippen molar-refractivity contribution in [2.75, 3.05) is 19.6 Å². The summed E-state index contributed by atoms with van der Waals surface area (Å²) in [5, 5.41) is 3.03. The van der Waals surface area contributed by atoms with E-state index >= 15 is 0 Å². The molecule has 0 aromatic carbocycles. The van der Waals surface area contributed by atoms with Crippen molar-refractivity contribution in [1.82, 2.24) is 15.2 Å². The summed E-state index contributed by atoms with van der Waals surface area (Å²) in [7, 11) is 0. The van der Waals surface area contributed by atoms with Gasteiger partial charge in [-0.25, -0.2) is 0 Å². The van der Waals surface area contributed by atoms with Crippen molar-refractivity contribution in [1.29, 1.82) is 0 Å². The number of carbonyl (C=O) groups is 2. The SMILES string of the molecule is Cc1ccc(C(=O)NCCC(C)C)c(C2CCN(C(=O)C(C)C)CC2)n1. The number of likely N-dealkylation sites (tertiary alicyclic amines) is 1. The third-order valence-electron chi connectivity index (χ3n) is 5.00. The van der Waals surface area contributed by atoms with Gasteiger partial charge in [-0.15, -0.1) is 0 Å². The van der Waals surface area contributed by atoms with Gasteiger partial charge in [-0.1, -0.05) is 27.7 Å². The van der Waals surface area contributed by atoms with E-state index in [0.29, 0.717) is 18.0 Å². The van der Waals surface area contributed by atoms with Crippen LogP contribution in [0.15, 0.2) is 12.1 Å². The van der Waals surface area contributed by atoms with Gasteiger partial charge < -0.3 is 10.2 Å². The van der Waals surface area contributed by atoms with Crippen LogP contribution in [0.2, 0.25) is 0 Å². The number of hydrogen-bond donors (Lipinski definition) is 1. The number of aromatic nitrogens is 1. The van der Waals surface area contributed by atoms with Crippen molar-refractivity contribution in [2.24, 2.45) is 11.8 Å². The molecule has 2 heterocycles. The van der Waals surface area contributed by atoms with E-state index in [9.17, 15) is 9.59 Å². The van der Waals surface area contributed by atoms with Gasteiger partial charge in [0.2, 0.25) is 5.91 Å². The molecule has 1 aromatic heterocycles. The molecule has 0 unspecified atom stereocenters. The van der Waals surface area contributed by atoms with Crippen molar-refractivity contribution in [3.05, 3.63) is 29.1 Å². The molecule has 1 aliphatic rings. The van der Waals surface area contributed by atoms with E-state index in [0.717, 1.165) is 43.7 Å². The Bertz CT molecular complexity index is 632. The zero-order chi connectivity index (χ0) is 19.3. The van der Waals surface area contributed by atoms with E-state index in [1.165, 1.54) is 0 Å². The molecule has 0 radical (unpaired) electrons. The van der Waals surface area contributed by atoms with Gasteiger partial charge in [-0.2, -0.15) is 0 Å². The third kappa shape index (κ3) is 5.29. The van der Waals surface area contributed by atoms with Gasteiger partial charge in [0.15, 0.2) is 0 Å². The Hall–Kier alpha value is -1.91. The van der Waals surface area contributed by atoms with Crippen LogP contribution in [0.4, 0.5) is 0 Å². The number of nitrogens with one attached hydrogen (secondary N) is 1. The number of carbonyl (C=O) groups excluding carboxylic acids is 2. The van der Waals surface area contributed by atoms with E-state index < -0.39 is 0 Å². The Balaban J connectivity index is 2.08. The Morgan fingerprint density at radius 2 is 1.85 bits per heavy atom. The molecule has 0 saturated carbocycles. The molecule has 0 aliphatic carbocycles. The van der Waals surface area contributed by atoms with Crippen LogP contribution in [-0.2, 0) is 4.79 Å². The first-order valence-electron chi connectivity index (χ1n) is 9.84. The van der Waals surface area contributed by atoms with Gasteiger partial charge in [-0.3, -0.25) is 14.6 Å². The maximum Gasteiger partial charge on any atom is 0.253 e. The second-order valence-corrected chi connectivity index (χ2v) is 8.08. The summed E-state index contributed by atoms with van der Waals surface area (Å²) < 4.78 is 0. The third-order valence-corrected chi connectivity index (χ3v) is 5.00. The summed E-state index contributed by atoms with van der Waals surface area (Å²) in [6.45, 7) is 12.3. The number of aryl methyl sites for hydroxylation is 1. The van der Waals surface area contributed by atoms with Crippen molar-refractivity contribution >= 4 is 11.8 Å². The van der Waals surface area contributed by atoms with Crippen LogP contribution in [-0.4, -0.2) is 41.3 Å². The largest absolute Gasteiger partial charge is 0.352 e. The Labute approximate surface area is 157 Å². The van der Waals surface area contributed by atoms with Gasteiger partial charge in [0, 0.05) is 37.2 Å². The van der Waals surface area contributed by atoms with Crippen LogP contribution in [0, 0.1) is 18.8 Å². The first kappa shape index (κ1) is 20.4. The summed E-state index contributed by atoms with van der Waals surface area (Å²) in [4.78, 5) is 31.5. The molecule has 0 spiro atoms. The standard InChI is InChI=1S/C21H33N3O2/c1-14(2)8-11-22-20(25)18-7-6-16(5)23-19(18)17-9-12-24(13-10-17)21(26)15(3)4/h6-7,14-15,17H,8-13H2,1-5H3,(H,22,25). The fourth-order valence-electron chi connectivity index (χ4n) is 3.39. The lowest BCUT2D eigenvalue weighted by molar-refractivity contribution is -0.135. The molecule has 5 heteroatoms. The summed E-state index contributed by atoms with van der Waals surface area (Å²) in [6.07, 6.45) is 2.69. The lowest BCUT2D eigenvalue weighted by Crippen LogP contribution is -2.40. The minimum atomic E-state index is -0.0335. The summed E-state index contributed by atoms with van der Waals surface area (Å²) >= 11 is 0. The van der Waals surface area contributed by atoms with Crippen molar-refractivity contribution in [3.63, 3.8) is 0 Å². The molecule has 2 amide bonds. The van der Waals surface area contributed by atoms with Crippen LogP contribution >= 0.6 is 0 Å². The lowest BCUT2D eigenvalue weighted by Gasteiger charge is -2.33. The molecule has 2 rings (SSSR count). The zero-order valence-electron chi connectivity index (χ0n) is 16.8. The molecule has 1 N–H and O–H groups in total. The highest BCUT2D eigenvalue weighted by Gasteiger charge is 2.28. The number of hydrogen-bond acceptors (Lipinski definition) is 3. The summed E-state index contributed by atoms with van der Waals surface area (Å²) in [5.41, 5.74) is 2.51. The second-order valence-electron chi connectivity index (χ2n) is 8.08. The Kier molecular flexibility index (Phi) is 7.18. The van der Waals surface area contributed by atoms with Crippen LogP contribution in [0.3, 0.4) is 0 Å². The molecule has 1 fully saturated rings. The topological polar surface area (TPSA) is 62.3 Å². The van der Waals surface area contributed by atoms with Crippen molar-refractivity contribution in [3.8, 4) is 0 Å². The quantitative estimate of drug-likeness (QED) is 0.845. The number of piperidine rings is 1. The highest BCUT2D eigenvalue weighted by Crippen LogP contribution is 2.30. The van der Waals surface area contributed by atoms with E-state index in [2.05, 4.69) is 19.2 Å². The molecular weight excluding hydrogens is 326 g/mol. The first-order chi connectivity index (χ1) is 12.3. The number of nitrogens with zero attached hydrogens (tertiary/aromatic N) is 2. The van der Waals surface area contributed by atoms with E-state index in [4.69, 9.17) is 4.98 Å². The van der Waals surface area contributed by atoms with Gasteiger partial charge in [0.1, 0.15) is 0 Å². The number of amides is 2.